The molecule has 0 saturated heterocycles. The van der Waals surface area contributed by atoms with Gasteiger partial charge in [0.25, 0.3) is 0 Å². The number of halogens is 1. The van der Waals surface area contributed by atoms with E-state index in [9.17, 15) is 0 Å². The van der Waals surface area contributed by atoms with Gasteiger partial charge >= 0.3 is 0 Å². The van der Waals surface area contributed by atoms with Crippen LogP contribution < -0.4 is 5.32 Å². The molecule has 1 aromatic rings. The highest BCUT2D eigenvalue weighted by molar-refractivity contribution is 9.10. The molecule has 1 heterocycles. The molecule has 92 valence electrons. The van der Waals surface area contributed by atoms with Gasteiger partial charge in [0, 0.05) is 16.0 Å². The van der Waals surface area contributed by atoms with Gasteiger partial charge in [-0.15, -0.1) is 0 Å². The second-order valence-electron chi connectivity index (χ2n) is 5.60. The second kappa shape index (κ2) is 5.09. The first-order chi connectivity index (χ1) is 7.35. The van der Waals surface area contributed by atoms with Gasteiger partial charge in [-0.3, -0.25) is 0 Å². The fraction of sp³-hybridized carbons (Fsp3) is 0.692. The number of nitrogens with one attached hydrogen (secondary N) is 1. The molecule has 1 aromatic heterocycles. The van der Waals surface area contributed by atoms with Crippen LogP contribution in [0.4, 0.5) is 0 Å². The van der Waals surface area contributed by atoms with Crippen molar-refractivity contribution in [2.24, 2.45) is 0 Å². The molecule has 0 aliphatic rings. The van der Waals surface area contributed by atoms with Gasteiger partial charge in [-0.1, -0.05) is 41.5 Å². The van der Waals surface area contributed by atoms with E-state index in [1.54, 1.807) is 0 Å². The van der Waals surface area contributed by atoms with E-state index in [1.165, 1.54) is 9.79 Å². The summed E-state index contributed by atoms with van der Waals surface area (Å²) in [5.74, 6) is 0. The Labute approximate surface area is 109 Å². The Balaban J connectivity index is 3.39. The second-order valence-corrected chi connectivity index (χ2v) is 12.3. The fourth-order valence-electron chi connectivity index (χ4n) is 3.55. The van der Waals surface area contributed by atoms with Gasteiger partial charge in [-0.25, -0.2) is 0 Å². The van der Waals surface area contributed by atoms with Crippen LogP contribution >= 0.6 is 15.9 Å². The van der Waals surface area contributed by atoms with Crippen molar-refractivity contribution in [1.82, 2.24) is 4.98 Å². The molecule has 1 N–H and O–H groups in total. The zero-order valence-electron chi connectivity index (χ0n) is 11.3. The zero-order chi connectivity index (χ0) is 12.5. The van der Waals surface area contributed by atoms with Crippen LogP contribution in [0.3, 0.4) is 0 Å². The van der Waals surface area contributed by atoms with Crippen LogP contribution in [0, 0.1) is 0 Å². The first-order valence-corrected chi connectivity index (χ1v) is 9.20. The number of aromatic nitrogens is 1. The molecule has 3 heteroatoms. The summed E-state index contributed by atoms with van der Waals surface area (Å²) in [6, 6.07) is 2.14. The van der Waals surface area contributed by atoms with Crippen LogP contribution in [0.5, 0.6) is 0 Å². The van der Waals surface area contributed by atoms with Gasteiger partial charge in [0.15, 0.2) is 0 Å². The maximum atomic E-state index is 3.71. The molecule has 0 radical (unpaired) electrons. The lowest BCUT2D eigenvalue weighted by Crippen LogP contribution is -2.56. The summed E-state index contributed by atoms with van der Waals surface area (Å²) in [6.45, 7) is 14.3. The topological polar surface area (TPSA) is 15.8 Å². The molecule has 1 rings (SSSR count). The van der Waals surface area contributed by atoms with Crippen molar-refractivity contribution in [3.63, 3.8) is 0 Å². The predicted molar refractivity (Wildman–Crippen MR) is 79.2 cm³/mol. The average molecular weight is 302 g/mol. The van der Waals surface area contributed by atoms with Crippen LogP contribution in [0.25, 0.3) is 0 Å². The molecule has 1 nitrogen and oxygen atoms in total. The Bertz CT molecular complexity index is 320. The quantitative estimate of drug-likeness (QED) is 0.778. The van der Waals surface area contributed by atoms with E-state index in [-0.39, 0.29) is 0 Å². The molecule has 0 spiro atoms. The molecule has 0 atom stereocenters. The molecule has 16 heavy (non-hydrogen) atoms. The third kappa shape index (κ3) is 2.04. The van der Waals surface area contributed by atoms with Gasteiger partial charge in [-0.05, 0) is 38.6 Å². The van der Waals surface area contributed by atoms with E-state index in [2.05, 4.69) is 74.7 Å². The van der Waals surface area contributed by atoms with E-state index >= 15 is 0 Å². The van der Waals surface area contributed by atoms with E-state index in [1.807, 2.05) is 0 Å². The lowest BCUT2D eigenvalue weighted by Gasteiger charge is -2.42. The summed E-state index contributed by atoms with van der Waals surface area (Å²) < 4.78 is 1.27. The molecule has 0 unspecified atom stereocenters. The van der Waals surface area contributed by atoms with Crippen molar-refractivity contribution in [3.05, 3.63) is 16.7 Å². The summed E-state index contributed by atoms with van der Waals surface area (Å²) in [4.78, 5) is 3.51. The lowest BCUT2D eigenvalue weighted by molar-refractivity contribution is 0.831. The molecule has 0 aliphatic carbocycles. The lowest BCUT2D eigenvalue weighted by atomic mass is 10.5. The first-order valence-electron chi connectivity index (χ1n) is 6.18. The molecule has 0 saturated carbocycles. The molecule has 0 fully saturated rings. The third-order valence-corrected chi connectivity index (χ3v) is 12.0. The Morgan fingerprint density at radius 1 is 1.00 bits per heavy atom. The van der Waals surface area contributed by atoms with E-state index in [4.69, 9.17) is 0 Å². The number of rotatable bonds is 4. The normalized spacial score (nSPS) is 13.1. The van der Waals surface area contributed by atoms with Crippen LogP contribution in [-0.2, 0) is 0 Å². The standard InChI is InChI=1S/C13H24BrNSi/c1-9(2)16(10(3)4,11(5)6)13-12(14)7-8-15-13/h7-11,15H,1-6H3. The molecular weight excluding hydrogens is 278 g/mol. The van der Waals surface area contributed by atoms with Gasteiger partial charge in [-0.2, -0.15) is 0 Å². The highest BCUT2D eigenvalue weighted by Crippen LogP contribution is 2.41. The maximum Gasteiger partial charge on any atom is 0.116 e. The average Bonchev–Trinajstić information content (AvgIpc) is 2.51. The molecule has 0 aliphatic heterocycles. The first kappa shape index (κ1) is 14.0. The van der Waals surface area contributed by atoms with Crippen LogP contribution in [-0.4, -0.2) is 13.1 Å². The maximum absolute atomic E-state index is 3.71. The largest absolute Gasteiger partial charge is 0.368 e. The van der Waals surface area contributed by atoms with Crippen LogP contribution in [0.1, 0.15) is 41.5 Å². The fourth-order valence-corrected chi connectivity index (χ4v) is 11.4. The van der Waals surface area contributed by atoms with E-state index < -0.39 is 8.07 Å². The Morgan fingerprint density at radius 3 is 1.69 bits per heavy atom. The Morgan fingerprint density at radius 2 is 1.44 bits per heavy atom. The van der Waals surface area contributed by atoms with Crippen molar-refractivity contribution >= 4 is 29.3 Å². The predicted octanol–water partition coefficient (Wildman–Crippen LogP) is 4.66. The number of hydrogen-bond acceptors (Lipinski definition) is 0. The summed E-state index contributed by atoms with van der Waals surface area (Å²) in [5.41, 5.74) is 2.26. The zero-order valence-corrected chi connectivity index (χ0v) is 13.9. The van der Waals surface area contributed by atoms with E-state index in [0.29, 0.717) is 0 Å². The van der Waals surface area contributed by atoms with Crippen molar-refractivity contribution < 1.29 is 0 Å². The van der Waals surface area contributed by atoms with Crippen LogP contribution in [0.2, 0.25) is 16.6 Å². The highest BCUT2D eigenvalue weighted by Gasteiger charge is 2.46. The summed E-state index contributed by atoms with van der Waals surface area (Å²) in [6.07, 6.45) is 2.06. The number of hydrogen-bond donors (Lipinski definition) is 1. The monoisotopic (exact) mass is 301 g/mol. The minimum absolute atomic E-state index is 0.752. The molecule has 0 amide bonds. The van der Waals surface area contributed by atoms with Crippen LogP contribution in [0.15, 0.2) is 16.7 Å². The van der Waals surface area contributed by atoms with Crippen molar-refractivity contribution in [3.8, 4) is 0 Å². The smallest absolute Gasteiger partial charge is 0.116 e. The Hall–Kier alpha value is -0.0231. The van der Waals surface area contributed by atoms with Crippen molar-refractivity contribution in [1.29, 1.82) is 0 Å². The number of H-pyrrole nitrogens is 1. The molecule has 0 bridgehead atoms. The SMILES string of the molecule is CC(C)[Si](c1[nH]ccc1Br)(C(C)C)C(C)C. The minimum Gasteiger partial charge on any atom is -0.368 e. The molecule has 0 aromatic carbocycles. The van der Waals surface area contributed by atoms with Crippen molar-refractivity contribution in [2.75, 3.05) is 0 Å². The van der Waals surface area contributed by atoms with Gasteiger partial charge < -0.3 is 4.98 Å². The summed E-state index contributed by atoms with van der Waals surface area (Å²) >= 11 is 3.71. The van der Waals surface area contributed by atoms with E-state index in [0.717, 1.165) is 16.6 Å². The van der Waals surface area contributed by atoms with Crippen molar-refractivity contribution in [2.45, 2.75) is 58.2 Å². The van der Waals surface area contributed by atoms with Gasteiger partial charge in [0.2, 0.25) is 0 Å². The van der Waals surface area contributed by atoms with Gasteiger partial charge in [0.1, 0.15) is 8.07 Å². The highest BCUT2D eigenvalue weighted by atomic mass is 79.9. The Kier molecular flexibility index (Phi) is 4.47. The van der Waals surface area contributed by atoms with Gasteiger partial charge in [0.05, 0.1) is 0 Å². The molecular formula is C13H24BrNSi. The summed E-state index contributed by atoms with van der Waals surface area (Å²) in [5, 5.41) is 1.49. The third-order valence-electron chi connectivity index (χ3n) is 4.00. The summed E-state index contributed by atoms with van der Waals surface area (Å²) in [7, 11) is -1.50. The number of aromatic amines is 1. The minimum atomic E-state index is -1.50.